The third-order valence-corrected chi connectivity index (χ3v) is 2.04. The second-order valence-electron chi connectivity index (χ2n) is 4.46. The fourth-order valence-electron chi connectivity index (χ4n) is 1.14. The minimum Gasteiger partial charge on any atom is -0.346 e. The van der Waals surface area contributed by atoms with Gasteiger partial charge < -0.3 is 5.32 Å². The molecule has 0 aliphatic carbocycles. The molecule has 0 aliphatic rings. The van der Waals surface area contributed by atoms with E-state index in [0.29, 0.717) is 12.3 Å². The molecule has 0 aromatic rings. The van der Waals surface area contributed by atoms with Crippen LogP contribution in [0.2, 0.25) is 0 Å². The maximum atomic E-state index is 11.4. The van der Waals surface area contributed by atoms with E-state index in [1.54, 1.807) is 0 Å². The molecule has 1 atom stereocenters. The molecular formula is C11H21NO2. The Labute approximate surface area is 86.3 Å². The standard InChI is InChI=1S/C11H21NO2/c1-7(2)6-10(9(5)13)12-11(14)8(3)4/h7-8,10H,6H2,1-5H3,(H,12,14)/t10-/m1/s1. The Hall–Kier alpha value is -0.860. The van der Waals surface area contributed by atoms with Gasteiger partial charge in [0, 0.05) is 5.92 Å². The first-order valence-electron chi connectivity index (χ1n) is 5.15. The molecule has 0 spiro atoms. The van der Waals surface area contributed by atoms with Gasteiger partial charge in [0.25, 0.3) is 0 Å². The van der Waals surface area contributed by atoms with E-state index in [1.807, 2.05) is 27.7 Å². The van der Waals surface area contributed by atoms with Gasteiger partial charge in [0.05, 0.1) is 6.04 Å². The lowest BCUT2D eigenvalue weighted by Gasteiger charge is -2.19. The summed E-state index contributed by atoms with van der Waals surface area (Å²) in [6.45, 7) is 9.24. The Balaban J connectivity index is 4.23. The fraction of sp³-hybridized carbons (Fsp3) is 0.818. The number of hydrogen-bond donors (Lipinski definition) is 1. The molecule has 1 N–H and O–H groups in total. The highest BCUT2D eigenvalue weighted by Crippen LogP contribution is 2.06. The van der Waals surface area contributed by atoms with Crippen LogP contribution in [0, 0.1) is 11.8 Å². The number of rotatable bonds is 5. The molecule has 0 radical (unpaired) electrons. The average molecular weight is 199 g/mol. The molecule has 0 aliphatic heterocycles. The molecular weight excluding hydrogens is 178 g/mol. The van der Waals surface area contributed by atoms with Crippen LogP contribution in [0.3, 0.4) is 0 Å². The summed E-state index contributed by atoms with van der Waals surface area (Å²) < 4.78 is 0. The van der Waals surface area contributed by atoms with Crippen molar-refractivity contribution in [1.29, 1.82) is 0 Å². The highest BCUT2D eigenvalue weighted by molar-refractivity contribution is 5.88. The number of amides is 1. The highest BCUT2D eigenvalue weighted by atomic mass is 16.2. The zero-order chi connectivity index (χ0) is 11.3. The summed E-state index contributed by atoms with van der Waals surface area (Å²) >= 11 is 0. The number of Topliss-reactive ketones (excluding diaryl/α,β-unsaturated/α-hetero) is 1. The zero-order valence-corrected chi connectivity index (χ0v) is 9.76. The monoisotopic (exact) mass is 199 g/mol. The van der Waals surface area contributed by atoms with E-state index < -0.39 is 0 Å². The molecule has 14 heavy (non-hydrogen) atoms. The van der Waals surface area contributed by atoms with E-state index >= 15 is 0 Å². The van der Waals surface area contributed by atoms with E-state index in [0.717, 1.165) is 0 Å². The summed E-state index contributed by atoms with van der Waals surface area (Å²) in [6, 6.07) is -0.315. The summed E-state index contributed by atoms with van der Waals surface area (Å²) in [5.41, 5.74) is 0. The lowest BCUT2D eigenvalue weighted by atomic mass is 10.0. The van der Waals surface area contributed by atoms with Crippen LogP contribution in [0.4, 0.5) is 0 Å². The maximum Gasteiger partial charge on any atom is 0.223 e. The smallest absolute Gasteiger partial charge is 0.223 e. The van der Waals surface area contributed by atoms with Crippen molar-refractivity contribution >= 4 is 11.7 Å². The molecule has 0 heterocycles. The Kier molecular flexibility index (Phi) is 5.43. The molecule has 0 aromatic carbocycles. The minimum atomic E-state index is -0.315. The first-order valence-corrected chi connectivity index (χ1v) is 5.15. The molecule has 0 bridgehead atoms. The quantitative estimate of drug-likeness (QED) is 0.733. The Morgan fingerprint density at radius 2 is 1.64 bits per heavy atom. The van der Waals surface area contributed by atoms with Crippen LogP contribution in [0.5, 0.6) is 0 Å². The van der Waals surface area contributed by atoms with Gasteiger partial charge in [-0.2, -0.15) is 0 Å². The molecule has 0 aromatic heterocycles. The Morgan fingerprint density at radius 1 is 1.14 bits per heavy atom. The third-order valence-electron chi connectivity index (χ3n) is 2.04. The van der Waals surface area contributed by atoms with Crippen LogP contribution >= 0.6 is 0 Å². The topological polar surface area (TPSA) is 46.2 Å². The van der Waals surface area contributed by atoms with Gasteiger partial charge in [0.15, 0.2) is 5.78 Å². The van der Waals surface area contributed by atoms with Gasteiger partial charge in [-0.1, -0.05) is 27.7 Å². The number of ketones is 1. The van der Waals surface area contributed by atoms with E-state index in [9.17, 15) is 9.59 Å². The predicted octanol–water partition coefficient (Wildman–Crippen LogP) is 1.76. The van der Waals surface area contributed by atoms with Crippen molar-refractivity contribution < 1.29 is 9.59 Å². The second kappa shape index (κ2) is 5.78. The van der Waals surface area contributed by atoms with Crippen LogP contribution in [0.25, 0.3) is 0 Å². The van der Waals surface area contributed by atoms with E-state index in [1.165, 1.54) is 6.92 Å². The van der Waals surface area contributed by atoms with E-state index in [2.05, 4.69) is 5.32 Å². The summed E-state index contributed by atoms with van der Waals surface area (Å²) in [4.78, 5) is 22.6. The first-order chi connectivity index (χ1) is 6.34. The normalized spacial score (nSPS) is 13.1. The lowest BCUT2D eigenvalue weighted by Crippen LogP contribution is -2.42. The second-order valence-corrected chi connectivity index (χ2v) is 4.46. The molecule has 0 rings (SSSR count). The molecule has 82 valence electrons. The molecule has 0 fully saturated rings. The Bertz CT molecular complexity index is 209. The zero-order valence-electron chi connectivity index (χ0n) is 9.76. The van der Waals surface area contributed by atoms with E-state index in [-0.39, 0.29) is 23.7 Å². The van der Waals surface area contributed by atoms with Crippen molar-refractivity contribution in [2.45, 2.75) is 47.1 Å². The highest BCUT2D eigenvalue weighted by Gasteiger charge is 2.19. The van der Waals surface area contributed by atoms with Crippen LogP contribution in [0.15, 0.2) is 0 Å². The number of nitrogens with one attached hydrogen (secondary N) is 1. The van der Waals surface area contributed by atoms with Crippen molar-refractivity contribution in [1.82, 2.24) is 5.32 Å². The Morgan fingerprint density at radius 3 is 1.93 bits per heavy atom. The molecule has 3 nitrogen and oxygen atoms in total. The van der Waals surface area contributed by atoms with Gasteiger partial charge >= 0.3 is 0 Å². The van der Waals surface area contributed by atoms with Gasteiger partial charge in [-0.25, -0.2) is 0 Å². The number of carbonyl (C=O) groups excluding carboxylic acids is 2. The fourth-order valence-corrected chi connectivity index (χ4v) is 1.14. The van der Waals surface area contributed by atoms with Crippen molar-refractivity contribution in [3.8, 4) is 0 Å². The van der Waals surface area contributed by atoms with Gasteiger partial charge in [-0.15, -0.1) is 0 Å². The lowest BCUT2D eigenvalue weighted by molar-refractivity contribution is -0.129. The van der Waals surface area contributed by atoms with Crippen molar-refractivity contribution in [3.05, 3.63) is 0 Å². The third kappa shape index (κ3) is 5.00. The summed E-state index contributed by atoms with van der Waals surface area (Å²) in [5, 5.41) is 2.76. The molecule has 1 amide bonds. The number of hydrogen-bond acceptors (Lipinski definition) is 2. The maximum absolute atomic E-state index is 11.4. The largest absolute Gasteiger partial charge is 0.346 e. The summed E-state index contributed by atoms with van der Waals surface area (Å²) in [7, 11) is 0. The van der Waals surface area contributed by atoms with E-state index in [4.69, 9.17) is 0 Å². The SMILES string of the molecule is CC(=O)[C@@H](CC(C)C)NC(=O)C(C)C. The molecule has 3 heteroatoms. The molecule has 0 saturated carbocycles. The average Bonchev–Trinajstić information content (AvgIpc) is 2.01. The van der Waals surface area contributed by atoms with Gasteiger partial charge in [0.2, 0.25) is 5.91 Å². The summed E-state index contributed by atoms with van der Waals surface area (Å²) in [6.07, 6.45) is 0.716. The first kappa shape index (κ1) is 13.1. The predicted molar refractivity (Wildman–Crippen MR) is 56.9 cm³/mol. The van der Waals surface area contributed by atoms with Crippen LogP contribution in [-0.2, 0) is 9.59 Å². The van der Waals surface area contributed by atoms with Crippen molar-refractivity contribution in [2.24, 2.45) is 11.8 Å². The molecule has 0 saturated heterocycles. The number of carbonyl (C=O) groups is 2. The van der Waals surface area contributed by atoms with Gasteiger partial charge in [-0.3, -0.25) is 9.59 Å². The van der Waals surface area contributed by atoms with Gasteiger partial charge in [-0.05, 0) is 19.3 Å². The van der Waals surface area contributed by atoms with Gasteiger partial charge in [0.1, 0.15) is 0 Å². The van der Waals surface area contributed by atoms with Crippen LogP contribution < -0.4 is 5.32 Å². The van der Waals surface area contributed by atoms with Crippen LogP contribution in [0.1, 0.15) is 41.0 Å². The molecule has 0 unspecified atom stereocenters. The van der Waals surface area contributed by atoms with Crippen molar-refractivity contribution in [2.75, 3.05) is 0 Å². The summed E-state index contributed by atoms with van der Waals surface area (Å²) in [5.74, 6) is 0.332. The van der Waals surface area contributed by atoms with Crippen LogP contribution in [-0.4, -0.2) is 17.7 Å². The van der Waals surface area contributed by atoms with Crippen molar-refractivity contribution in [3.63, 3.8) is 0 Å². The minimum absolute atomic E-state index is 0.0349.